The zero-order valence-corrected chi connectivity index (χ0v) is 10.3. The zero-order chi connectivity index (χ0) is 11.5. The average molecular weight is 213 g/mol. The molecule has 0 spiro atoms. The first-order valence-corrected chi connectivity index (χ1v) is 5.86. The van der Waals surface area contributed by atoms with Crippen LogP contribution in [0.4, 0.5) is 0 Å². The largest absolute Gasteiger partial charge is 0.350 e. The Labute approximate surface area is 97.7 Å². The fraction of sp³-hybridized carbons (Fsp3) is 0.333. The highest BCUT2D eigenvalue weighted by atomic mass is 14.9. The highest BCUT2D eigenvalue weighted by Gasteiger charge is 2.01. The van der Waals surface area contributed by atoms with Crippen molar-refractivity contribution in [3.05, 3.63) is 59.4 Å². The molecule has 0 saturated heterocycles. The molecule has 0 bridgehead atoms. The average Bonchev–Trinajstić information content (AvgIpc) is 2.70. The van der Waals surface area contributed by atoms with E-state index in [1.54, 1.807) is 0 Å². The van der Waals surface area contributed by atoms with Crippen molar-refractivity contribution in [1.29, 1.82) is 0 Å². The molecular weight excluding hydrogens is 194 g/mol. The van der Waals surface area contributed by atoms with Gasteiger partial charge in [-0.2, -0.15) is 0 Å². The molecule has 0 aliphatic carbocycles. The number of hydrogen-bond acceptors (Lipinski definition) is 0. The molecule has 0 saturated carbocycles. The van der Waals surface area contributed by atoms with Crippen LogP contribution in [-0.4, -0.2) is 4.57 Å². The molecule has 1 aromatic heterocycles. The van der Waals surface area contributed by atoms with E-state index in [0.717, 1.165) is 6.54 Å². The molecular formula is C15H19N. The SMILES string of the molecule is Cc1ccc(Cn2ccc(C(C)C)c2)cc1. The minimum Gasteiger partial charge on any atom is -0.350 e. The predicted octanol–water partition coefficient (Wildman–Crippen LogP) is 3.97. The molecule has 2 rings (SSSR count). The summed E-state index contributed by atoms with van der Waals surface area (Å²) in [5.41, 5.74) is 4.09. The van der Waals surface area contributed by atoms with Crippen LogP contribution in [0.1, 0.15) is 36.5 Å². The molecule has 1 nitrogen and oxygen atoms in total. The Kier molecular flexibility index (Phi) is 3.14. The van der Waals surface area contributed by atoms with Crippen LogP contribution in [-0.2, 0) is 6.54 Å². The zero-order valence-electron chi connectivity index (χ0n) is 10.3. The van der Waals surface area contributed by atoms with E-state index in [-0.39, 0.29) is 0 Å². The molecule has 0 radical (unpaired) electrons. The van der Waals surface area contributed by atoms with Crippen molar-refractivity contribution < 1.29 is 0 Å². The van der Waals surface area contributed by atoms with Gasteiger partial charge in [-0.1, -0.05) is 43.7 Å². The molecule has 0 fully saturated rings. The summed E-state index contributed by atoms with van der Waals surface area (Å²) in [6.07, 6.45) is 4.40. The molecule has 84 valence electrons. The maximum Gasteiger partial charge on any atom is 0.0470 e. The second-order valence-electron chi connectivity index (χ2n) is 4.76. The van der Waals surface area contributed by atoms with Crippen LogP contribution in [0.25, 0.3) is 0 Å². The molecule has 1 aromatic carbocycles. The van der Waals surface area contributed by atoms with Crippen LogP contribution < -0.4 is 0 Å². The summed E-state index contributed by atoms with van der Waals surface area (Å²) in [6, 6.07) is 10.9. The van der Waals surface area contributed by atoms with Crippen molar-refractivity contribution in [3.8, 4) is 0 Å². The number of hydrogen-bond donors (Lipinski definition) is 0. The van der Waals surface area contributed by atoms with Gasteiger partial charge in [-0.25, -0.2) is 0 Å². The highest BCUT2D eigenvalue weighted by molar-refractivity contribution is 5.22. The van der Waals surface area contributed by atoms with E-state index in [4.69, 9.17) is 0 Å². The number of nitrogens with zero attached hydrogens (tertiary/aromatic N) is 1. The summed E-state index contributed by atoms with van der Waals surface area (Å²) < 4.78 is 2.25. The molecule has 0 unspecified atom stereocenters. The first-order chi connectivity index (χ1) is 7.65. The van der Waals surface area contributed by atoms with Crippen LogP contribution in [0.15, 0.2) is 42.7 Å². The summed E-state index contributed by atoms with van der Waals surface area (Å²) >= 11 is 0. The second-order valence-corrected chi connectivity index (χ2v) is 4.76. The van der Waals surface area contributed by atoms with Crippen molar-refractivity contribution in [3.63, 3.8) is 0 Å². The van der Waals surface area contributed by atoms with Crippen LogP contribution in [0.5, 0.6) is 0 Å². The third kappa shape index (κ3) is 2.54. The Hall–Kier alpha value is -1.50. The van der Waals surface area contributed by atoms with Crippen molar-refractivity contribution >= 4 is 0 Å². The van der Waals surface area contributed by atoms with Gasteiger partial charge in [-0.05, 0) is 30.0 Å². The van der Waals surface area contributed by atoms with E-state index >= 15 is 0 Å². The number of rotatable bonds is 3. The Morgan fingerprint density at radius 2 is 1.75 bits per heavy atom. The lowest BCUT2D eigenvalue weighted by Crippen LogP contribution is -1.96. The van der Waals surface area contributed by atoms with Crippen LogP contribution in [0.3, 0.4) is 0 Å². The molecule has 2 aromatic rings. The molecule has 0 N–H and O–H groups in total. The van der Waals surface area contributed by atoms with Gasteiger partial charge >= 0.3 is 0 Å². The standard InChI is InChI=1S/C15H19N/c1-12(2)15-8-9-16(11-15)10-14-6-4-13(3)5-7-14/h4-9,11-12H,10H2,1-3H3. The Morgan fingerprint density at radius 1 is 1.06 bits per heavy atom. The fourth-order valence-corrected chi connectivity index (χ4v) is 1.80. The predicted molar refractivity (Wildman–Crippen MR) is 68.8 cm³/mol. The Morgan fingerprint density at radius 3 is 2.31 bits per heavy atom. The third-order valence-corrected chi connectivity index (χ3v) is 2.93. The van der Waals surface area contributed by atoms with Crippen LogP contribution in [0.2, 0.25) is 0 Å². The third-order valence-electron chi connectivity index (χ3n) is 2.93. The van der Waals surface area contributed by atoms with E-state index in [1.807, 2.05) is 0 Å². The number of aryl methyl sites for hydroxylation is 1. The summed E-state index contributed by atoms with van der Waals surface area (Å²) in [6.45, 7) is 7.54. The fourth-order valence-electron chi connectivity index (χ4n) is 1.80. The summed E-state index contributed by atoms with van der Waals surface area (Å²) in [7, 11) is 0. The molecule has 1 heterocycles. The molecule has 0 aliphatic rings. The lowest BCUT2D eigenvalue weighted by Gasteiger charge is -2.04. The van der Waals surface area contributed by atoms with Gasteiger partial charge < -0.3 is 4.57 Å². The monoisotopic (exact) mass is 213 g/mol. The van der Waals surface area contributed by atoms with E-state index in [2.05, 4.69) is 68.1 Å². The summed E-state index contributed by atoms with van der Waals surface area (Å²) in [5.74, 6) is 0.610. The van der Waals surface area contributed by atoms with Gasteiger partial charge in [0.05, 0.1) is 0 Å². The van der Waals surface area contributed by atoms with Gasteiger partial charge in [0.25, 0.3) is 0 Å². The lowest BCUT2D eigenvalue weighted by molar-refractivity contribution is 0.789. The first kappa shape index (κ1) is 11.0. The van der Waals surface area contributed by atoms with Gasteiger partial charge in [0.15, 0.2) is 0 Å². The lowest BCUT2D eigenvalue weighted by atomic mass is 10.1. The van der Waals surface area contributed by atoms with Crippen LogP contribution in [0, 0.1) is 6.92 Å². The Balaban J connectivity index is 2.11. The molecule has 16 heavy (non-hydrogen) atoms. The quantitative estimate of drug-likeness (QED) is 0.727. The molecule has 0 atom stereocenters. The van der Waals surface area contributed by atoms with Gasteiger partial charge in [0.1, 0.15) is 0 Å². The highest BCUT2D eigenvalue weighted by Crippen LogP contribution is 2.15. The van der Waals surface area contributed by atoms with E-state index < -0.39 is 0 Å². The van der Waals surface area contributed by atoms with Crippen molar-refractivity contribution in [1.82, 2.24) is 4.57 Å². The summed E-state index contributed by atoms with van der Waals surface area (Å²) in [5, 5.41) is 0. The molecule has 0 amide bonds. The smallest absolute Gasteiger partial charge is 0.0470 e. The maximum atomic E-state index is 2.25. The van der Waals surface area contributed by atoms with Crippen molar-refractivity contribution in [2.45, 2.75) is 33.2 Å². The van der Waals surface area contributed by atoms with Gasteiger partial charge in [-0.3, -0.25) is 0 Å². The number of benzene rings is 1. The van der Waals surface area contributed by atoms with E-state index in [1.165, 1.54) is 16.7 Å². The number of aromatic nitrogens is 1. The Bertz CT molecular complexity index is 449. The maximum absolute atomic E-state index is 2.25. The van der Waals surface area contributed by atoms with Crippen molar-refractivity contribution in [2.24, 2.45) is 0 Å². The molecule has 0 aliphatic heterocycles. The van der Waals surface area contributed by atoms with Crippen molar-refractivity contribution in [2.75, 3.05) is 0 Å². The second kappa shape index (κ2) is 4.56. The first-order valence-electron chi connectivity index (χ1n) is 5.86. The summed E-state index contributed by atoms with van der Waals surface area (Å²) in [4.78, 5) is 0. The van der Waals surface area contributed by atoms with E-state index in [0.29, 0.717) is 5.92 Å². The van der Waals surface area contributed by atoms with Gasteiger partial charge in [-0.15, -0.1) is 0 Å². The van der Waals surface area contributed by atoms with E-state index in [9.17, 15) is 0 Å². The molecule has 1 heteroatoms. The topological polar surface area (TPSA) is 4.93 Å². The minimum atomic E-state index is 0.610. The minimum absolute atomic E-state index is 0.610. The van der Waals surface area contributed by atoms with Crippen LogP contribution >= 0.6 is 0 Å². The van der Waals surface area contributed by atoms with Gasteiger partial charge in [0, 0.05) is 18.9 Å². The normalized spacial score (nSPS) is 11.0. The van der Waals surface area contributed by atoms with Gasteiger partial charge in [0.2, 0.25) is 0 Å².